The van der Waals surface area contributed by atoms with Gasteiger partial charge in [0.25, 0.3) is 5.69 Å². The maximum atomic E-state index is 12.6. The molecular formula is C17H14F3N3O3. The fraction of sp³-hybridized carbons (Fsp3) is 0.118. The van der Waals surface area contributed by atoms with Gasteiger partial charge in [0, 0.05) is 17.8 Å². The Balaban J connectivity index is 2.12. The number of benzene rings is 2. The molecule has 0 unspecified atom stereocenters. The average Bonchev–Trinajstić information content (AvgIpc) is 2.60. The molecule has 2 aromatic rings. The second-order valence-electron chi connectivity index (χ2n) is 4.98. The minimum Gasteiger partial charge on any atom is -0.496 e. The Hall–Kier alpha value is -3.36. The van der Waals surface area contributed by atoms with Crippen LogP contribution in [0.15, 0.2) is 53.6 Å². The number of hydrazone groups is 1. The number of rotatable bonds is 6. The van der Waals surface area contributed by atoms with Crippen molar-refractivity contribution in [1.82, 2.24) is 0 Å². The van der Waals surface area contributed by atoms with Crippen LogP contribution in [0, 0.1) is 10.1 Å². The molecule has 26 heavy (non-hydrogen) atoms. The minimum absolute atomic E-state index is 0.148. The lowest BCUT2D eigenvalue weighted by molar-refractivity contribution is -0.384. The second kappa shape index (κ2) is 8.15. The van der Waals surface area contributed by atoms with Gasteiger partial charge in [0.05, 0.1) is 17.6 Å². The number of para-hydroxylation sites is 1. The van der Waals surface area contributed by atoms with Gasteiger partial charge in [-0.25, -0.2) is 0 Å². The highest BCUT2D eigenvalue weighted by Crippen LogP contribution is 2.34. The van der Waals surface area contributed by atoms with Crippen LogP contribution in [0.4, 0.5) is 24.5 Å². The molecule has 2 aromatic carbocycles. The Labute approximate surface area is 146 Å². The molecule has 0 spiro atoms. The normalized spacial score (nSPS) is 11.8. The first-order chi connectivity index (χ1) is 12.3. The molecule has 0 radical (unpaired) electrons. The fourth-order valence-corrected chi connectivity index (χ4v) is 2.05. The van der Waals surface area contributed by atoms with Crippen LogP contribution in [0.3, 0.4) is 0 Å². The Morgan fingerprint density at radius 3 is 2.62 bits per heavy atom. The zero-order valence-electron chi connectivity index (χ0n) is 13.5. The number of ether oxygens (including phenoxy) is 1. The van der Waals surface area contributed by atoms with Gasteiger partial charge in [-0.15, -0.1) is 0 Å². The van der Waals surface area contributed by atoms with Crippen molar-refractivity contribution < 1.29 is 22.8 Å². The second-order valence-corrected chi connectivity index (χ2v) is 4.98. The average molecular weight is 365 g/mol. The molecule has 0 aliphatic heterocycles. The van der Waals surface area contributed by atoms with E-state index in [0.29, 0.717) is 11.8 Å². The molecule has 0 bridgehead atoms. The number of methoxy groups -OCH3 is 1. The highest BCUT2D eigenvalue weighted by molar-refractivity contribution is 5.80. The van der Waals surface area contributed by atoms with Crippen LogP contribution in [-0.4, -0.2) is 18.2 Å². The van der Waals surface area contributed by atoms with Gasteiger partial charge in [0.2, 0.25) is 0 Å². The third-order valence-corrected chi connectivity index (χ3v) is 3.28. The SMILES string of the molecule is COc1ccccc1/C=C/C=N\Nc1ccc(C(F)(F)F)cc1[N+](=O)[O-]. The van der Waals surface area contributed by atoms with Crippen LogP contribution >= 0.6 is 0 Å². The van der Waals surface area contributed by atoms with Crippen molar-refractivity contribution in [3.63, 3.8) is 0 Å². The van der Waals surface area contributed by atoms with Gasteiger partial charge in [-0.2, -0.15) is 18.3 Å². The number of nitro groups is 1. The summed E-state index contributed by atoms with van der Waals surface area (Å²) in [7, 11) is 1.53. The van der Waals surface area contributed by atoms with E-state index in [1.807, 2.05) is 18.2 Å². The van der Waals surface area contributed by atoms with Crippen molar-refractivity contribution in [2.75, 3.05) is 12.5 Å². The van der Waals surface area contributed by atoms with Gasteiger partial charge in [-0.05, 0) is 30.4 Å². The summed E-state index contributed by atoms with van der Waals surface area (Å²) in [4.78, 5) is 10.1. The van der Waals surface area contributed by atoms with Crippen molar-refractivity contribution in [2.24, 2.45) is 5.10 Å². The third kappa shape index (κ3) is 4.82. The topological polar surface area (TPSA) is 76.8 Å². The van der Waals surface area contributed by atoms with Crippen molar-refractivity contribution >= 4 is 23.7 Å². The smallest absolute Gasteiger partial charge is 0.416 e. The Morgan fingerprint density at radius 2 is 1.96 bits per heavy atom. The van der Waals surface area contributed by atoms with Gasteiger partial charge in [-0.3, -0.25) is 15.5 Å². The van der Waals surface area contributed by atoms with Gasteiger partial charge in [-0.1, -0.05) is 18.2 Å². The summed E-state index contributed by atoms with van der Waals surface area (Å²) in [6.07, 6.45) is -0.0934. The monoisotopic (exact) mass is 365 g/mol. The molecule has 0 fully saturated rings. The maximum absolute atomic E-state index is 12.6. The van der Waals surface area contributed by atoms with Crippen LogP contribution in [0.5, 0.6) is 5.75 Å². The first-order valence-electron chi connectivity index (χ1n) is 7.27. The number of anilines is 1. The Morgan fingerprint density at radius 1 is 1.23 bits per heavy atom. The van der Waals surface area contributed by atoms with E-state index in [1.54, 1.807) is 18.2 Å². The van der Waals surface area contributed by atoms with Crippen LogP contribution in [-0.2, 0) is 6.18 Å². The number of nitrogens with zero attached hydrogens (tertiary/aromatic N) is 2. The highest BCUT2D eigenvalue weighted by atomic mass is 19.4. The summed E-state index contributed by atoms with van der Waals surface area (Å²) in [5.41, 5.74) is 1.19. The number of allylic oxidation sites excluding steroid dienone is 1. The summed E-state index contributed by atoms with van der Waals surface area (Å²) in [6, 6.07) is 9.40. The Bertz CT molecular complexity index is 849. The van der Waals surface area contributed by atoms with E-state index >= 15 is 0 Å². The molecule has 0 aromatic heterocycles. The summed E-state index contributed by atoms with van der Waals surface area (Å²) in [5, 5.41) is 14.7. The molecule has 0 saturated carbocycles. The minimum atomic E-state index is -4.66. The van der Waals surface area contributed by atoms with Gasteiger partial charge in [0.15, 0.2) is 0 Å². The number of hydrogen-bond acceptors (Lipinski definition) is 5. The first kappa shape index (κ1) is 19.0. The largest absolute Gasteiger partial charge is 0.496 e. The number of nitrogens with one attached hydrogen (secondary N) is 1. The van der Waals surface area contributed by atoms with Crippen LogP contribution in [0.1, 0.15) is 11.1 Å². The molecule has 0 saturated heterocycles. The lowest BCUT2D eigenvalue weighted by Crippen LogP contribution is -2.06. The molecule has 0 aliphatic carbocycles. The number of alkyl halides is 3. The van der Waals surface area contributed by atoms with E-state index < -0.39 is 22.4 Å². The van der Waals surface area contributed by atoms with E-state index in [-0.39, 0.29) is 5.69 Å². The summed E-state index contributed by atoms with van der Waals surface area (Å²) in [5.74, 6) is 0.656. The predicted octanol–water partition coefficient (Wildman–Crippen LogP) is 4.73. The summed E-state index contributed by atoms with van der Waals surface area (Å²) >= 11 is 0. The lowest BCUT2D eigenvalue weighted by Gasteiger charge is -2.08. The highest BCUT2D eigenvalue weighted by Gasteiger charge is 2.33. The van der Waals surface area contributed by atoms with E-state index in [9.17, 15) is 23.3 Å². The van der Waals surface area contributed by atoms with Crippen LogP contribution < -0.4 is 10.2 Å². The predicted molar refractivity (Wildman–Crippen MR) is 92.2 cm³/mol. The summed E-state index contributed by atoms with van der Waals surface area (Å²) < 4.78 is 43.1. The van der Waals surface area contributed by atoms with Crippen molar-refractivity contribution in [3.8, 4) is 5.75 Å². The molecule has 0 aliphatic rings. The molecule has 0 heterocycles. The number of halogens is 3. The molecule has 136 valence electrons. The van der Waals surface area contributed by atoms with Crippen molar-refractivity contribution in [2.45, 2.75) is 6.18 Å². The van der Waals surface area contributed by atoms with Gasteiger partial charge < -0.3 is 4.74 Å². The van der Waals surface area contributed by atoms with Gasteiger partial charge >= 0.3 is 6.18 Å². The van der Waals surface area contributed by atoms with Crippen LogP contribution in [0.2, 0.25) is 0 Å². The number of nitro benzene ring substituents is 1. The molecule has 2 rings (SSSR count). The van der Waals surface area contributed by atoms with Crippen molar-refractivity contribution in [3.05, 3.63) is 69.8 Å². The van der Waals surface area contributed by atoms with E-state index in [4.69, 9.17) is 4.74 Å². The molecule has 1 N–H and O–H groups in total. The molecule has 0 amide bonds. The zero-order valence-corrected chi connectivity index (χ0v) is 13.5. The zero-order chi connectivity index (χ0) is 19.2. The maximum Gasteiger partial charge on any atom is 0.416 e. The van der Waals surface area contributed by atoms with Crippen LogP contribution in [0.25, 0.3) is 6.08 Å². The Kier molecular flexibility index (Phi) is 5.94. The van der Waals surface area contributed by atoms with E-state index in [0.717, 1.165) is 17.7 Å². The molecular weight excluding hydrogens is 351 g/mol. The fourth-order valence-electron chi connectivity index (χ4n) is 2.05. The van der Waals surface area contributed by atoms with E-state index in [2.05, 4.69) is 10.5 Å². The standard InChI is InChI=1S/C17H14F3N3O3/c1-26-16-7-3-2-5-12(16)6-4-10-21-22-14-9-8-13(17(18,19)20)11-15(14)23(24)25/h2-11,22H,1H3/b6-4+,21-10-. The summed E-state index contributed by atoms with van der Waals surface area (Å²) in [6.45, 7) is 0. The van der Waals surface area contributed by atoms with Crippen molar-refractivity contribution in [1.29, 1.82) is 0 Å². The quantitative estimate of drug-likeness (QED) is 0.456. The van der Waals surface area contributed by atoms with Gasteiger partial charge in [0.1, 0.15) is 11.4 Å². The van der Waals surface area contributed by atoms with E-state index in [1.165, 1.54) is 13.3 Å². The molecule has 9 heteroatoms. The molecule has 6 nitrogen and oxygen atoms in total. The third-order valence-electron chi connectivity index (χ3n) is 3.28. The lowest BCUT2D eigenvalue weighted by atomic mass is 10.1. The molecule has 0 atom stereocenters. The number of hydrogen-bond donors (Lipinski definition) is 1. The first-order valence-corrected chi connectivity index (χ1v) is 7.27.